The maximum atomic E-state index is 12.5. The summed E-state index contributed by atoms with van der Waals surface area (Å²) in [6, 6.07) is 6.98. The van der Waals surface area contributed by atoms with Gasteiger partial charge in [0.2, 0.25) is 0 Å². The molecule has 7 nitrogen and oxygen atoms in total. The Labute approximate surface area is 127 Å². The molecular weight excluding hydrogens is 284 g/mol. The quantitative estimate of drug-likeness (QED) is 0.844. The number of ether oxygens (including phenoxy) is 1. The molecule has 0 saturated heterocycles. The van der Waals surface area contributed by atoms with Gasteiger partial charge in [-0.25, -0.2) is 0 Å². The molecule has 0 bridgehead atoms. The highest BCUT2D eigenvalue weighted by atomic mass is 16.5. The van der Waals surface area contributed by atoms with E-state index < -0.39 is 17.4 Å². The number of nitrogens with one attached hydrogen (secondary N) is 2. The van der Waals surface area contributed by atoms with Crippen LogP contribution < -0.4 is 15.4 Å². The molecule has 2 heterocycles. The van der Waals surface area contributed by atoms with Gasteiger partial charge in [-0.15, -0.1) is 0 Å². The zero-order valence-electron chi connectivity index (χ0n) is 12.3. The van der Waals surface area contributed by atoms with Gasteiger partial charge in [-0.3, -0.25) is 14.3 Å². The monoisotopic (exact) mass is 300 g/mol. The van der Waals surface area contributed by atoms with Crippen LogP contribution in [0.15, 0.2) is 36.7 Å². The number of aromatic nitrogens is 2. The van der Waals surface area contributed by atoms with Crippen LogP contribution in [0.25, 0.3) is 0 Å². The normalized spacial score (nSPS) is 19.8. The SMILES string of the molecule is CCn1cc(NC(=O)C2(C)Oc3ccccc3NC2=O)cn1. The van der Waals surface area contributed by atoms with Gasteiger partial charge in [0.25, 0.3) is 17.4 Å². The molecule has 7 heteroatoms. The number of para-hydroxylation sites is 2. The summed E-state index contributed by atoms with van der Waals surface area (Å²) >= 11 is 0. The first-order valence-electron chi connectivity index (χ1n) is 6.96. The van der Waals surface area contributed by atoms with E-state index in [9.17, 15) is 9.59 Å². The summed E-state index contributed by atoms with van der Waals surface area (Å²) in [7, 11) is 0. The molecule has 0 radical (unpaired) electrons. The minimum Gasteiger partial charge on any atom is -0.466 e. The Kier molecular flexibility index (Phi) is 3.32. The Balaban J connectivity index is 1.83. The molecule has 0 spiro atoms. The summed E-state index contributed by atoms with van der Waals surface area (Å²) in [5.41, 5.74) is -0.567. The molecule has 0 saturated carbocycles. The smallest absolute Gasteiger partial charge is 0.278 e. The van der Waals surface area contributed by atoms with E-state index >= 15 is 0 Å². The fourth-order valence-corrected chi connectivity index (χ4v) is 2.17. The molecule has 22 heavy (non-hydrogen) atoms. The van der Waals surface area contributed by atoms with Crippen LogP contribution in [0.1, 0.15) is 13.8 Å². The first-order valence-corrected chi connectivity index (χ1v) is 6.96. The number of nitrogens with zero attached hydrogens (tertiary/aromatic N) is 2. The van der Waals surface area contributed by atoms with Gasteiger partial charge < -0.3 is 15.4 Å². The topological polar surface area (TPSA) is 85.3 Å². The Bertz CT molecular complexity index is 740. The molecule has 2 N–H and O–H groups in total. The highest BCUT2D eigenvalue weighted by Gasteiger charge is 2.47. The zero-order valence-corrected chi connectivity index (χ0v) is 12.3. The molecule has 1 aliphatic heterocycles. The van der Waals surface area contributed by atoms with Crippen molar-refractivity contribution in [1.29, 1.82) is 0 Å². The third-order valence-corrected chi connectivity index (χ3v) is 3.53. The number of hydrogen-bond acceptors (Lipinski definition) is 4. The van der Waals surface area contributed by atoms with Crippen LogP contribution in [-0.2, 0) is 16.1 Å². The predicted octanol–water partition coefficient (Wildman–Crippen LogP) is 1.63. The van der Waals surface area contributed by atoms with Crippen LogP contribution in [0.2, 0.25) is 0 Å². The van der Waals surface area contributed by atoms with E-state index in [1.807, 2.05) is 6.92 Å². The standard InChI is InChI=1S/C15H16N4O3/c1-3-19-9-10(8-16-19)17-13(20)15(2)14(21)18-11-6-4-5-7-12(11)22-15/h4-9H,3H2,1-2H3,(H,17,20)(H,18,21). The Morgan fingerprint density at radius 3 is 2.95 bits per heavy atom. The van der Waals surface area contributed by atoms with Crippen molar-refractivity contribution in [1.82, 2.24) is 9.78 Å². The van der Waals surface area contributed by atoms with Crippen LogP contribution in [0.5, 0.6) is 5.75 Å². The average molecular weight is 300 g/mol. The maximum absolute atomic E-state index is 12.5. The number of aryl methyl sites for hydroxylation is 1. The van der Waals surface area contributed by atoms with Crippen molar-refractivity contribution in [3.05, 3.63) is 36.7 Å². The third kappa shape index (κ3) is 2.30. The molecule has 114 valence electrons. The summed E-state index contributed by atoms with van der Waals surface area (Å²) < 4.78 is 7.32. The number of benzene rings is 1. The van der Waals surface area contributed by atoms with Crippen LogP contribution in [-0.4, -0.2) is 27.2 Å². The fourth-order valence-electron chi connectivity index (χ4n) is 2.17. The lowest BCUT2D eigenvalue weighted by Crippen LogP contribution is -2.56. The van der Waals surface area contributed by atoms with Gasteiger partial charge in [-0.05, 0) is 26.0 Å². The van der Waals surface area contributed by atoms with E-state index in [2.05, 4.69) is 15.7 Å². The fraction of sp³-hybridized carbons (Fsp3) is 0.267. The van der Waals surface area contributed by atoms with Crippen molar-refractivity contribution in [2.24, 2.45) is 0 Å². The molecule has 0 aliphatic carbocycles. The first kappa shape index (κ1) is 14.1. The van der Waals surface area contributed by atoms with E-state index in [0.717, 1.165) is 0 Å². The van der Waals surface area contributed by atoms with Gasteiger partial charge in [0.15, 0.2) is 0 Å². The molecular formula is C15H16N4O3. The van der Waals surface area contributed by atoms with E-state index in [-0.39, 0.29) is 0 Å². The Morgan fingerprint density at radius 1 is 1.45 bits per heavy atom. The number of hydrogen-bond donors (Lipinski definition) is 2. The lowest BCUT2D eigenvalue weighted by molar-refractivity contribution is -0.143. The third-order valence-electron chi connectivity index (χ3n) is 3.53. The lowest BCUT2D eigenvalue weighted by Gasteiger charge is -2.33. The number of carbonyl (C=O) groups is 2. The summed E-state index contributed by atoms with van der Waals surface area (Å²) in [5.74, 6) is -0.592. The summed E-state index contributed by atoms with van der Waals surface area (Å²) in [4.78, 5) is 24.7. The average Bonchev–Trinajstić information content (AvgIpc) is 2.96. The Hall–Kier alpha value is -2.83. The van der Waals surface area contributed by atoms with Gasteiger partial charge in [0, 0.05) is 12.7 Å². The molecule has 1 aliphatic rings. The largest absolute Gasteiger partial charge is 0.466 e. The number of anilines is 2. The molecule has 1 atom stereocenters. The van der Waals surface area contributed by atoms with Gasteiger partial charge in [0.1, 0.15) is 5.75 Å². The van der Waals surface area contributed by atoms with E-state index in [1.54, 1.807) is 35.1 Å². The number of rotatable bonds is 3. The first-order chi connectivity index (χ1) is 10.5. The minimum absolute atomic E-state index is 0.462. The summed E-state index contributed by atoms with van der Waals surface area (Å²) in [6.45, 7) is 4.07. The lowest BCUT2D eigenvalue weighted by atomic mass is 10.0. The van der Waals surface area contributed by atoms with Crippen molar-refractivity contribution in [2.75, 3.05) is 10.6 Å². The second-order valence-corrected chi connectivity index (χ2v) is 5.12. The van der Waals surface area contributed by atoms with Gasteiger partial charge in [0.05, 0.1) is 17.6 Å². The molecule has 2 amide bonds. The summed E-state index contributed by atoms with van der Waals surface area (Å²) in [5, 5.41) is 9.42. The predicted molar refractivity (Wildman–Crippen MR) is 80.6 cm³/mol. The van der Waals surface area contributed by atoms with E-state index in [1.165, 1.54) is 13.1 Å². The van der Waals surface area contributed by atoms with Crippen LogP contribution in [0, 0.1) is 0 Å². The summed E-state index contributed by atoms with van der Waals surface area (Å²) in [6.07, 6.45) is 3.22. The Morgan fingerprint density at radius 2 is 2.23 bits per heavy atom. The molecule has 1 unspecified atom stereocenters. The van der Waals surface area contributed by atoms with Crippen molar-refractivity contribution in [3.63, 3.8) is 0 Å². The van der Waals surface area contributed by atoms with Crippen molar-refractivity contribution < 1.29 is 14.3 Å². The molecule has 1 aromatic heterocycles. The van der Waals surface area contributed by atoms with Gasteiger partial charge in [-0.1, -0.05) is 12.1 Å². The van der Waals surface area contributed by atoms with Crippen molar-refractivity contribution >= 4 is 23.2 Å². The van der Waals surface area contributed by atoms with Gasteiger partial charge >= 0.3 is 0 Å². The van der Waals surface area contributed by atoms with Crippen LogP contribution in [0.3, 0.4) is 0 Å². The van der Waals surface area contributed by atoms with E-state index in [4.69, 9.17) is 4.74 Å². The van der Waals surface area contributed by atoms with Crippen molar-refractivity contribution in [3.8, 4) is 5.75 Å². The van der Waals surface area contributed by atoms with Crippen LogP contribution in [0.4, 0.5) is 11.4 Å². The number of carbonyl (C=O) groups excluding carboxylic acids is 2. The van der Waals surface area contributed by atoms with Gasteiger partial charge in [-0.2, -0.15) is 5.10 Å². The second kappa shape index (κ2) is 5.18. The molecule has 1 aromatic carbocycles. The maximum Gasteiger partial charge on any atom is 0.278 e. The molecule has 0 fully saturated rings. The van der Waals surface area contributed by atoms with Crippen molar-refractivity contribution in [2.45, 2.75) is 26.0 Å². The molecule has 2 aromatic rings. The van der Waals surface area contributed by atoms with E-state index in [0.29, 0.717) is 23.7 Å². The number of fused-ring (bicyclic) bond motifs is 1. The zero-order chi connectivity index (χ0) is 15.7. The van der Waals surface area contributed by atoms with Crippen LogP contribution >= 0.6 is 0 Å². The second-order valence-electron chi connectivity index (χ2n) is 5.12. The minimum atomic E-state index is -1.64. The number of amides is 2. The highest BCUT2D eigenvalue weighted by molar-refractivity contribution is 6.18. The highest BCUT2D eigenvalue weighted by Crippen LogP contribution is 2.33. The molecule has 3 rings (SSSR count).